The van der Waals surface area contributed by atoms with Crippen LogP contribution in [0.5, 0.6) is 0 Å². The lowest BCUT2D eigenvalue weighted by atomic mass is 9.81. The highest BCUT2D eigenvalue weighted by molar-refractivity contribution is 5.79. The lowest BCUT2D eigenvalue weighted by molar-refractivity contribution is -0.143. The van der Waals surface area contributed by atoms with E-state index < -0.39 is 18.0 Å². The van der Waals surface area contributed by atoms with Gasteiger partial charge in [-0.1, -0.05) is 48.5 Å². The van der Waals surface area contributed by atoms with E-state index in [0.717, 1.165) is 19.4 Å². The van der Waals surface area contributed by atoms with Gasteiger partial charge in [-0.05, 0) is 46.9 Å². The Morgan fingerprint density at radius 2 is 1.71 bits per heavy atom. The molecule has 2 aromatic carbocycles. The summed E-state index contributed by atoms with van der Waals surface area (Å²) in [4.78, 5) is 26.3. The van der Waals surface area contributed by atoms with Gasteiger partial charge in [0.05, 0.1) is 5.92 Å². The van der Waals surface area contributed by atoms with Gasteiger partial charge >= 0.3 is 12.1 Å². The number of rotatable bonds is 4. The second-order valence-electron chi connectivity index (χ2n) is 8.79. The Kier molecular flexibility index (Phi) is 5.40. The molecule has 2 fully saturated rings. The minimum absolute atomic E-state index is 0.00300. The molecule has 162 valence electrons. The second-order valence-corrected chi connectivity index (χ2v) is 8.79. The fourth-order valence-electron chi connectivity index (χ4n) is 5.51. The third-order valence-corrected chi connectivity index (χ3v) is 7.08. The summed E-state index contributed by atoms with van der Waals surface area (Å²) >= 11 is 0. The molecule has 2 aliphatic heterocycles. The van der Waals surface area contributed by atoms with Crippen molar-refractivity contribution in [3.8, 4) is 11.1 Å². The smallest absolute Gasteiger partial charge is 0.409 e. The Morgan fingerprint density at radius 3 is 2.32 bits per heavy atom. The standard InChI is InChI=1S/C25H27NO5/c27-24(28)22-13-26(12-21(22)16-6-5-11-30-14-16)25(29)31-15-23-19-9-3-1-7-17(19)18-8-2-4-10-20(18)23/h1-4,7-10,16,21-23H,5-6,11-15H2,(H,27,28). The summed E-state index contributed by atoms with van der Waals surface area (Å²) in [7, 11) is 0. The largest absolute Gasteiger partial charge is 0.481 e. The van der Waals surface area contributed by atoms with Crippen LogP contribution in [0.4, 0.5) is 4.79 Å². The van der Waals surface area contributed by atoms with Gasteiger partial charge in [0.2, 0.25) is 0 Å². The quantitative estimate of drug-likeness (QED) is 0.808. The van der Waals surface area contributed by atoms with E-state index >= 15 is 0 Å². The number of carbonyl (C=O) groups is 2. The number of fused-ring (bicyclic) bond motifs is 3. The van der Waals surface area contributed by atoms with Crippen molar-refractivity contribution in [2.75, 3.05) is 32.9 Å². The fourth-order valence-corrected chi connectivity index (χ4v) is 5.51. The lowest BCUT2D eigenvalue weighted by Gasteiger charge is -2.29. The van der Waals surface area contributed by atoms with Crippen LogP contribution in [0.25, 0.3) is 11.1 Å². The molecule has 2 heterocycles. The van der Waals surface area contributed by atoms with Crippen LogP contribution in [0.1, 0.15) is 29.9 Å². The summed E-state index contributed by atoms with van der Waals surface area (Å²) in [6.07, 6.45) is 1.47. The molecule has 0 aromatic heterocycles. The maximum absolute atomic E-state index is 12.9. The topological polar surface area (TPSA) is 76.1 Å². The molecule has 3 atom stereocenters. The van der Waals surface area contributed by atoms with Crippen LogP contribution in [0, 0.1) is 17.8 Å². The number of hydrogen-bond acceptors (Lipinski definition) is 4. The number of aliphatic carboxylic acids is 1. The number of carboxylic acids is 1. The summed E-state index contributed by atoms with van der Waals surface area (Å²) in [5, 5.41) is 9.72. The minimum atomic E-state index is -0.843. The Morgan fingerprint density at radius 1 is 1.03 bits per heavy atom. The first-order valence-electron chi connectivity index (χ1n) is 11.0. The second kappa shape index (κ2) is 8.35. The lowest BCUT2D eigenvalue weighted by Crippen LogP contribution is -2.33. The normalized spacial score (nSPS) is 25.2. The van der Waals surface area contributed by atoms with Crippen molar-refractivity contribution in [1.82, 2.24) is 4.90 Å². The number of carboxylic acid groups (broad SMARTS) is 1. The molecule has 0 spiro atoms. The average molecular weight is 421 g/mol. The van der Waals surface area contributed by atoms with Crippen LogP contribution in [0.2, 0.25) is 0 Å². The van der Waals surface area contributed by atoms with Gasteiger partial charge in [0.1, 0.15) is 6.61 Å². The highest BCUT2D eigenvalue weighted by atomic mass is 16.6. The zero-order valence-electron chi connectivity index (χ0n) is 17.4. The third kappa shape index (κ3) is 3.69. The van der Waals surface area contributed by atoms with Gasteiger partial charge in [-0.2, -0.15) is 0 Å². The van der Waals surface area contributed by atoms with Crippen LogP contribution in [-0.2, 0) is 14.3 Å². The van der Waals surface area contributed by atoms with E-state index in [1.54, 1.807) is 4.90 Å². The zero-order chi connectivity index (χ0) is 21.4. The summed E-state index contributed by atoms with van der Waals surface area (Å²) in [5.74, 6) is -1.31. The summed E-state index contributed by atoms with van der Waals surface area (Å²) in [5.41, 5.74) is 4.70. The Labute approximate surface area is 181 Å². The maximum Gasteiger partial charge on any atom is 0.409 e. The highest BCUT2D eigenvalue weighted by Gasteiger charge is 2.44. The first-order chi connectivity index (χ1) is 15.1. The third-order valence-electron chi connectivity index (χ3n) is 7.08. The van der Waals surface area contributed by atoms with Crippen LogP contribution in [0.15, 0.2) is 48.5 Å². The van der Waals surface area contributed by atoms with Gasteiger partial charge in [0.15, 0.2) is 0 Å². The predicted molar refractivity (Wildman–Crippen MR) is 115 cm³/mol. The molecule has 2 saturated heterocycles. The molecular weight excluding hydrogens is 394 g/mol. The van der Waals surface area contributed by atoms with Crippen molar-refractivity contribution in [3.63, 3.8) is 0 Å². The van der Waals surface area contributed by atoms with Crippen molar-refractivity contribution >= 4 is 12.1 Å². The predicted octanol–water partition coefficient (Wildman–Crippen LogP) is 3.99. The Bertz CT molecular complexity index is 938. The number of amides is 1. The molecule has 2 aromatic rings. The number of benzene rings is 2. The van der Waals surface area contributed by atoms with Crippen LogP contribution >= 0.6 is 0 Å². The van der Waals surface area contributed by atoms with E-state index in [4.69, 9.17) is 9.47 Å². The van der Waals surface area contributed by atoms with Gasteiger partial charge in [-0.25, -0.2) is 4.79 Å². The van der Waals surface area contributed by atoms with Gasteiger partial charge in [0.25, 0.3) is 0 Å². The van der Waals surface area contributed by atoms with E-state index in [-0.39, 0.29) is 30.9 Å². The zero-order valence-corrected chi connectivity index (χ0v) is 17.4. The van der Waals surface area contributed by atoms with Crippen LogP contribution in [0.3, 0.4) is 0 Å². The van der Waals surface area contributed by atoms with Crippen molar-refractivity contribution in [2.24, 2.45) is 17.8 Å². The van der Waals surface area contributed by atoms with E-state index in [1.165, 1.54) is 22.3 Å². The highest BCUT2D eigenvalue weighted by Crippen LogP contribution is 2.44. The van der Waals surface area contributed by atoms with Crippen molar-refractivity contribution in [2.45, 2.75) is 18.8 Å². The van der Waals surface area contributed by atoms with Crippen molar-refractivity contribution in [1.29, 1.82) is 0 Å². The van der Waals surface area contributed by atoms with Crippen LogP contribution < -0.4 is 0 Å². The van der Waals surface area contributed by atoms with E-state index in [1.807, 2.05) is 24.3 Å². The molecule has 1 aliphatic carbocycles. The van der Waals surface area contributed by atoms with E-state index in [0.29, 0.717) is 13.2 Å². The van der Waals surface area contributed by atoms with E-state index in [2.05, 4.69) is 24.3 Å². The molecule has 6 nitrogen and oxygen atoms in total. The van der Waals surface area contributed by atoms with Gasteiger partial charge in [-0.3, -0.25) is 4.79 Å². The molecular formula is C25H27NO5. The molecule has 3 unspecified atom stereocenters. The molecule has 3 aliphatic rings. The number of ether oxygens (including phenoxy) is 2. The molecule has 6 heteroatoms. The van der Waals surface area contributed by atoms with Gasteiger partial charge in [0, 0.05) is 32.2 Å². The summed E-state index contributed by atoms with van der Waals surface area (Å²) < 4.78 is 11.3. The summed E-state index contributed by atoms with van der Waals surface area (Å²) in [6, 6.07) is 16.4. The monoisotopic (exact) mass is 421 g/mol. The number of hydrogen-bond donors (Lipinski definition) is 1. The number of carbonyl (C=O) groups excluding carboxylic acids is 1. The number of nitrogens with zero attached hydrogens (tertiary/aromatic N) is 1. The van der Waals surface area contributed by atoms with E-state index in [9.17, 15) is 14.7 Å². The van der Waals surface area contributed by atoms with Crippen molar-refractivity contribution < 1.29 is 24.2 Å². The first kappa shape index (κ1) is 20.1. The SMILES string of the molecule is O=C(O)C1CN(C(=O)OCC2c3ccccc3-c3ccccc32)CC1C1CCCOC1. The first-order valence-corrected chi connectivity index (χ1v) is 11.0. The molecule has 0 bridgehead atoms. The number of likely N-dealkylation sites (tertiary alicyclic amines) is 1. The fraction of sp³-hybridized carbons (Fsp3) is 0.440. The minimum Gasteiger partial charge on any atom is -0.481 e. The van der Waals surface area contributed by atoms with Crippen LogP contribution in [-0.4, -0.2) is 55.0 Å². The van der Waals surface area contributed by atoms with Crippen molar-refractivity contribution in [3.05, 3.63) is 59.7 Å². The molecule has 0 saturated carbocycles. The molecule has 1 N–H and O–H groups in total. The maximum atomic E-state index is 12.9. The summed E-state index contributed by atoms with van der Waals surface area (Å²) in [6.45, 7) is 2.18. The molecule has 1 amide bonds. The molecule has 5 rings (SSSR count). The van der Waals surface area contributed by atoms with Gasteiger partial charge < -0.3 is 19.5 Å². The Balaban J connectivity index is 1.28. The Hall–Kier alpha value is -2.86. The average Bonchev–Trinajstić information content (AvgIpc) is 3.39. The molecule has 0 radical (unpaired) electrons. The molecule has 31 heavy (non-hydrogen) atoms. The van der Waals surface area contributed by atoms with Gasteiger partial charge in [-0.15, -0.1) is 0 Å².